The largest absolute Gasteiger partial charge is 0.477 e. The molecule has 77 heavy (non-hydrogen) atoms. The first-order valence-electron chi connectivity index (χ1n) is 31.1. The van der Waals surface area contributed by atoms with Crippen LogP contribution in [0.5, 0.6) is 0 Å². The van der Waals surface area contributed by atoms with Crippen LogP contribution < -0.4 is 0 Å². The van der Waals surface area contributed by atoms with Gasteiger partial charge < -0.3 is 28.5 Å². The van der Waals surface area contributed by atoms with E-state index < -0.39 is 24.3 Å². The molecule has 0 aromatic heterocycles. The lowest BCUT2D eigenvalue weighted by Gasteiger charge is -2.25. The minimum absolute atomic E-state index is 0.180. The van der Waals surface area contributed by atoms with Crippen molar-refractivity contribution >= 4 is 17.9 Å². The monoisotopic (exact) mass is 1070 g/mol. The van der Waals surface area contributed by atoms with E-state index >= 15 is 0 Å². The summed E-state index contributed by atoms with van der Waals surface area (Å²) in [6.07, 6.45) is 77.3. The van der Waals surface area contributed by atoms with Crippen molar-refractivity contribution in [2.75, 3.05) is 47.5 Å². The zero-order chi connectivity index (χ0) is 56.2. The number of carbonyl (C=O) groups excluding carboxylic acids is 2. The number of hydrogen-bond acceptors (Lipinski definition) is 7. The van der Waals surface area contributed by atoms with Crippen LogP contribution in [-0.2, 0) is 33.3 Å². The lowest BCUT2D eigenvalue weighted by Crippen LogP contribution is -2.40. The predicted molar refractivity (Wildman–Crippen MR) is 327 cm³/mol. The van der Waals surface area contributed by atoms with E-state index in [9.17, 15) is 19.5 Å². The Labute approximate surface area is 473 Å². The summed E-state index contributed by atoms with van der Waals surface area (Å²) in [7, 11) is 5.96. The Kier molecular flexibility index (Phi) is 55.1. The second kappa shape index (κ2) is 58.1. The second-order valence-corrected chi connectivity index (χ2v) is 21.6. The highest BCUT2D eigenvalue weighted by atomic mass is 16.7. The summed E-state index contributed by atoms with van der Waals surface area (Å²) in [4.78, 5) is 37.5. The van der Waals surface area contributed by atoms with Gasteiger partial charge in [-0.25, -0.2) is 4.79 Å². The second-order valence-electron chi connectivity index (χ2n) is 21.6. The minimum atomic E-state index is -1.52. The zero-order valence-electron chi connectivity index (χ0n) is 50.1. The molecule has 0 bridgehead atoms. The number of carbonyl (C=O) groups is 3. The Morgan fingerprint density at radius 3 is 1.10 bits per heavy atom. The summed E-state index contributed by atoms with van der Waals surface area (Å²) < 4.78 is 22.9. The summed E-state index contributed by atoms with van der Waals surface area (Å²) in [5.74, 6) is -2.03. The van der Waals surface area contributed by atoms with E-state index in [2.05, 4.69) is 123 Å². The van der Waals surface area contributed by atoms with Gasteiger partial charge in [0.25, 0.3) is 6.29 Å². The van der Waals surface area contributed by atoms with Gasteiger partial charge in [0.1, 0.15) is 13.2 Å². The van der Waals surface area contributed by atoms with Crippen LogP contribution in [0, 0.1) is 0 Å². The van der Waals surface area contributed by atoms with Gasteiger partial charge in [-0.05, 0) is 103 Å². The summed E-state index contributed by atoms with van der Waals surface area (Å²) in [6, 6.07) is 0. The third kappa shape index (κ3) is 59.5. The molecule has 0 amide bonds. The molecular formula is C68H116NO8+. The van der Waals surface area contributed by atoms with E-state index in [1.165, 1.54) is 116 Å². The van der Waals surface area contributed by atoms with Gasteiger partial charge in [-0.15, -0.1) is 0 Å². The number of hydrogen-bond donors (Lipinski definition) is 1. The fraction of sp³-hybridized carbons (Fsp3) is 0.691. The molecule has 2 unspecified atom stereocenters. The van der Waals surface area contributed by atoms with Crippen molar-refractivity contribution in [2.45, 2.75) is 257 Å². The normalized spacial score (nSPS) is 13.5. The molecular weight excluding hydrogens is 959 g/mol. The number of quaternary nitrogens is 1. The van der Waals surface area contributed by atoms with Gasteiger partial charge in [-0.2, -0.15) is 0 Å². The molecule has 0 aliphatic heterocycles. The highest BCUT2D eigenvalue weighted by Crippen LogP contribution is 2.15. The van der Waals surface area contributed by atoms with Crippen LogP contribution in [0.4, 0.5) is 0 Å². The minimum Gasteiger partial charge on any atom is -0.477 e. The van der Waals surface area contributed by atoms with E-state index in [1.807, 2.05) is 21.1 Å². The fourth-order valence-electron chi connectivity index (χ4n) is 8.26. The number of rotatable bonds is 56. The lowest BCUT2D eigenvalue weighted by atomic mass is 10.1. The highest BCUT2D eigenvalue weighted by Gasteiger charge is 2.25. The number of esters is 2. The number of unbranched alkanes of at least 4 members (excludes halogenated alkanes) is 23. The van der Waals surface area contributed by atoms with Gasteiger partial charge in [0, 0.05) is 12.8 Å². The molecule has 9 heteroatoms. The molecule has 0 saturated heterocycles. The molecule has 0 rings (SSSR count). The predicted octanol–water partition coefficient (Wildman–Crippen LogP) is 18.7. The van der Waals surface area contributed by atoms with Gasteiger partial charge in [-0.3, -0.25) is 9.59 Å². The van der Waals surface area contributed by atoms with Crippen molar-refractivity contribution in [1.29, 1.82) is 0 Å². The van der Waals surface area contributed by atoms with Crippen molar-refractivity contribution in [2.24, 2.45) is 0 Å². The molecule has 2 atom stereocenters. The van der Waals surface area contributed by atoms with Crippen molar-refractivity contribution in [3.63, 3.8) is 0 Å². The first-order chi connectivity index (χ1) is 37.6. The van der Waals surface area contributed by atoms with E-state index in [4.69, 9.17) is 18.9 Å². The van der Waals surface area contributed by atoms with Crippen LogP contribution in [-0.4, -0.2) is 87.4 Å². The Morgan fingerprint density at radius 2 is 0.740 bits per heavy atom. The van der Waals surface area contributed by atoms with Gasteiger partial charge >= 0.3 is 17.9 Å². The molecule has 0 fully saturated rings. The van der Waals surface area contributed by atoms with Crippen LogP contribution in [0.2, 0.25) is 0 Å². The van der Waals surface area contributed by atoms with Gasteiger partial charge in [0.15, 0.2) is 6.10 Å². The summed E-state index contributed by atoms with van der Waals surface area (Å²) in [6.45, 7) is 4.74. The summed E-state index contributed by atoms with van der Waals surface area (Å²) >= 11 is 0. The van der Waals surface area contributed by atoms with Gasteiger partial charge in [-0.1, -0.05) is 239 Å². The van der Waals surface area contributed by atoms with Crippen LogP contribution in [0.3, 0.4) is 0 Å². The molecule has 9 nitrogen and oxygen atoms in total. The first-order valence-corrected chi connectivity index (χ1v) is 31.1. The van der Waals surface area contributed by atoms with Crippen molar-refractivity contribution in [3.05, 3.63) is 109 Å². The molecule has 0 saturated carbocycles. The molecule has 0 spiro atoms. The molecule has 0 aromatic carbocycles. The topological polar surface area (TPSA) is 108 Å². The van der Waals surface area contributed by atoms with Crippen LogP contribution in [0.15, 0.2) is 109 Å². The molecule has 0 radical (unpaired) electrons. The standard InChI is InChI=1S/C68H115NO8/c1-6-8-10-12-14-16-18-20-22-24-26-28-30-32-33-35-37-39-41-43-45-47-49-51-53-55-57-59-66(71)77-64(63-76-68(67(72)73)74-61-60-69(3,4)5)62-75-65(70)58-56-54-52-50-48-46-44-42-40-38-36-34-31-29-27-25-23-21-19-17-15-13-11-9-7-2/h8,10,14,16,19-22,25-28,31-34,37,39,64,68H,6-7,9,11-13,15,17-18,23-24,29-30,35-36,38,40-63H2,1-5H3/p+1/b10-8-,16-14-,21-19-,22-20-,27-25-,28-26-,33-32-,34-31-,39-37-. The van der Waals surface area contributed by atoms with E-state index in [0.29, 0.717) is 17.4 Å². The number of nitrogens with zero attached hydrogens (tertiary/aromatic N) is 1. The average Bonchev–Trinajstić information content (AvgIpc) is 3.40. The number of allylic oxidation sites excluding steroid dienone is 18. The van der Waals surface area contributed by atoms with Crippen LogP contribution in [0.25, 0.3) is 0 Å². The Balaban J connectivity index is 4.27. The molecule has 1 N–H and O–H groups in total. The average molecular weight is 1080 g/mol. The Morgan fingerprint density at radius 1 is 0.403 bits per heavy atom. The van der Waals surface area contributed by atoms with Gasteiger partial charge in [0.2, 0.25) is 0 Å². The van der Waals surface area contributed by atoms with Crippen molar-refractivity contribution in [1.82, 2.24) is 0 Å². The van der Waals surface area contributed by atoms with E-state index in [0.717, 1.165) is 96.3 Å². The smallest absolute Gasteiger partial charge is 0.361 e. The number of likely N-dealkylation sites (N-methyl/N-ethyl adjacent to an activating group) is 1. The molecule has 0 aliphatic rings. The summed E-state index contributed by atoms with van der Waals surface area (Å²) in [5, 5.41) is 9.72. The Bertz CT molecular complexity index is 1630. The van der Waals surface area contributed by atoms with Crippen LogP contribution in [0.1, 0.15) is 245 Å². The molecule has 440 valence electrons. The molecule has 0 heterocycles. The number of aliphatic carboxylic acids is 1. The number of ether oxygens (including phenoxy) is 4. The first kappa shape index (κ1) is 73.0. The maximum Gasteiger partial charge on any atom is 0.361 e. The maximum absolute atomic E-state index is 12.9. The van der Waals surface area contributed by atoms with Crippen LogP contribution >= 0.6 is 0 Å². The Hall–Kier alpha value is -4.05. The highest BCUT2D eigenvalue weighted by molar-refractivity contribution is 5.71. The molecule has 0 aliphatic carbocycles. The number of carboxylic acid groups (broad SMARTS) is 1. The lowest BCUT2D eigenvalue weighted by molar-refractivity contribution is -0.870. The third-order valence-corrected chi connectivity index (χ3v) is 13.0. The van der Waals surface area contributed by atoms with E-state index in [1.54, 1.807) is 0 Å². The van der Waals surface area contributed by atoms with Crippen molar-refractivity contribution < 1.29 is 42.9 Å². The van der Waals surface area contributed by atoms with Crippen molar-refractivity contribution in [3.8, 4) is 0 Å². The fourth-order valence-corrected chi connectivity index (χ4v) is 8.26. The number of carboxylic acids is 1. The third-order valence-electron chi connectivity index (χ3n) is 13.0. The molecule has 0 aromatic rings. The maximum atomic E-state index is 12.9. The van der Waals surface area contributed by atoms with E-state index in [-0.39, 0.29) is 38.6 Å². The quantitative estimate of drug-likeness (QED) is 0.0211. The summed E-state index contributed by atoms with van der Waals surface area (Å²) in [5.41, 5.74) is 0. The van der Waals surface area contributed by atoms with Gasteiger partial charge in [0.05, 0.1) is 34.4 Å². The SMILES string of the molecule is CC/C=C\C/C=C\C/C=C\C/C=C\C/C=C\C/C=C\CCCCCCCCCCC(=O)OC(COC(=O)CCCCCCCCCCCC/C=C\C/C=C\C/C=C\CCCCCCC)COC(OCC[N+](C)(C)C)C(=O)O. The zero-order valence-corrected chi connectivity index (χ0v) is 50.1.